The molecule has 1 rings (SSSR count). The molecule has 2 N–H and O–H groups in total. The summed E-state index contributed by atoms with van der Waals surface area (Å²) in [7, 11) is 1.60. The van der Waals surface area contributed by atoms with E-state index in [-0.39, 0.29) is 25.0 Å². The topological polar surface area (TPSA) is 69.6 Å². The van der Waals surface area contributed by atoms with Gasteiger partial charge in [0.05, 0.1) is 6.54 Å². The lowest BCUT2D eigenvalue weighted by Gasteiger charge is -2.16. The van der Waals surface area contributed by atoms with Gasteiger partial charge >= 0.3 is 0 Å². The Morgan fingerprint density at radius 1 is 1.47 bits per heavy atom. The standard InChI is InChI=1S/C10H18N2O3/c1-12(10(15)3-2-6-13)7-9(14)11-8-4-5-8/h8,13H,2-7H2,1H3,(H,11,14). The first-order valence-electron chi connectivity index (χ1n) is 5.27. The normalized spacial score (nSPS) is 14.8. The third-order valence-corrected chi connectivity index (χ3v) is 2.30. The van der Waals surface area contributed by atoms with Crippen LogP contribution >= 0.6 is 0 Å². The van der Waals surface area contributed by atoms with Crippen LogP contribution in [0.3, 0.4) is 0 Å². The number of carbonyl (C=O) groups is 2. The summed E-state index contributed by atoms with van der Waals surface area (Å²) < 4.78 is 0. The van der Waals surface area contributed by atoms with E-state index in [1.807, 2.05) is 0 Å². The zero-order valence-corrected chi connectivity index (χ0v) is 9.03. The number of rotatable bonds is 6. The third kappa shape index (κ3) is 4.78. The van der Waals surface area contributed by atoms with Crippen molar-refractivity contribution in [1.29, 1.82) is 0 Å². The van der Waals surface area contributed by atoms with Crippen LogP contribution in [0.1, 0.15) is 25.7 Å². The summed E-state index contributed by atoms with van der Waals surface area (Å²) >= 11 is 0. The minimum absolute atomic E-state index is 0.00779. The summed E-state index contributed by atoms with van der Waals surface area (Å²) in [5.41, 5.74) is 0. The van der Waals surface area contributed by atoms with Crippen LogP contribution < -0.4 is 5.32 Å². The first kappa shape index (κ1) is 12.0. The van der Waals surface area contributed by atoms with Crippen LogP contribution in [0.5, 0.6) is 0 Å². The fraction of sp³-hybridized carbons (Fsp3) is 0.800. The molecule has 0 bridgehead atoms. The van der Waals surface area contributed by atoms with Crippen LogP contribution in [0.4, 0.5) is 0 Å². The second-order valence-electron chi connectivity index (χ2n) is 3.92. The smallest absolute Gasteiger partial charge is 0.239 e. The summed E-state index contributed by atoms with van der Waals surface area (Å²) in [5, 5.41) is 11.4. The van der Waals surface area contributed by atoms with Crippen molar-refractivity contribution in [2.45, 2.75) is 31.7 Å². The van der Waals surface area contributed by atoms with Crippen molar-refractivity contribution in [2.75, 3.05) is 20.2 Å². The number of hydrogen-bond acceptors (Lipinski definition) is 3. The van der Waals surface area contributed by atoms with E-state index >= 15 is 0 Å². The molecule has 1 aliphatic rings. The largest absolute Gasteiger partial charge is 0.396 e. The molecule has 0 radical (unpaired) electrons. The lowest BCUT2D eigenvalue weighted by atomic mass is 10.3. The monoisotopic (exact) mass is 214 g/mol. The van der Waals surface area contributed by atoms with Gasteiger partial charge in [0.15, 0.2) is 0 Å². The van der Waals surface area contributed by atoms with Gasteiger partial charge in [0.2, 0.25) is 11.8 Å². The van der Waals surface area contributed by atoms with E-state index in [2.05, 4.69) is 5.32 Å². The molecule has 0 spiro atoms. The molecule has 0 atom stereocenters. The molecule has 0 aromatic carbocycles. The maximum absolute atomic E-state index is 11.4. The van der Waals surface area contributed by atoms with E-state index in [1.165, 1.54) is 4.90 Å². The molecule has 1 fully saturated rings. The highest BCUT2D eigenvalue weighted by Crippen LogP contribution is 2.18. The SMILES string of the molecule is CN(CC(=O)NC1CC1)C(=O)CCCO. The highest BCUT2D eigenvalue weighted by molar-refractivity contribution is 5.84. The van der Waals surface area contributed by atoms with Crippen LogP contribution in [0.2, 0.25) is 0 Å². The molecule has 15 heavy (non-hydrogen) atoms. The fourth-order valence-corrected chi connectivity index (χ4v) is 1.23. The molecule has 0 aromatic heterocycles. The average Bonchev–Trinajstić information content (AvgIpc) is 2.97. The van der Waals surface area contributed by atoms with E-state index in [0.717, 1.165) is 12.8 Å². The molecule has 0 heterocycles. The quantitative estimate of drug-likeness (QED) is 0.626. The van der Waals surface area contributed by atoms with E-state index in [4.69, 9.17) is 5.11 Å². The lowest BCUT2D eigenvalue weighted by Crippen LogP contribution is -2.39. The molecule has 86 valence electrons. The van der Waals surface area contributed by atoms with E-state index in [9.17, 15) is 9.59 Å². The van der Waals surface area contributed by atoms with Gasteiger partial charge in [-0.05, 0) is 19.3 Å². The number of amides is 2. The molecule has 0 saturated heterocycles. The zero-order chi connectivity index (χ0) is 11.3. The minimum atomic E-state index is -0.102. The lowest BCUT2D eigenvalue weighted by molar-refractivity contribution is -0.134. The van der Waals surface area contributed by atoms with Gasteiger partial charge in [-0.25, -0.2) is 0 Å². The van der Waals surface area contributed by atoms with Gasteiger partial charge in [-0.3, -0.25) is 9.59 Å². The molecule has 5 heteroatoms. The molecule has 2 amide bonds. The summed E-state index contributed by atoms with van der Waals surface area (Å²) in [4.78, 5) is 24.1. The number of aliphatic hydroxyl groups excluding tert-OH is 1. The van der Waals surface area contributed by atoms with E-state index < -0.39 is 0 Å². The Bertz CT molecular complexity index is 239. The van der Waals surface area contributed by atoms with Crippen molar-refractivity contribution in [3.05, 3.63) is 0 Å². The number of carbonyl (C=O) groups excluding carboxylic acids is 2. The Labute approximate surface area is 89.4 Å². The Hall–Kier alpha value is -1.10. The van der Waals surface area contributed by atoms with Crippen molar-refractivity contribution < 1.29 is 14.7 Å². The predicted octanol–water partition coefficient (Wildman–Crippen LogP) is -0.504. The zero-order valence-electron chi connectivity index (χ0n) is 9.03. The van der Waals surface area contributed by atoms with Gasteiger partial charge in [-0.2, -0.15) is 0 Å². The van der Waals surface area contributed by atoms with Crippen molar-refractivity contribution in [1.82, 2.24) is 10.2 Å². The fourth-order valence-electron chi connectivity index (χ4n) is 1.23. The second-order valence-corrected chi connectivity index (χ2v) is 3.92. The highest BCUT2D eigenvalue weighted by atomic mass is 16.3. The maximum Gasteiger partial charge on any atom is 0.239 e. The van der Waals surface area contributed by atoms with Crippen LogP contribution in [-0.4, -0.2) is 48.1 Å². The van der Waals surface area contributed by atoms with Crippen molar-refractivity contribution in [3.8, 4) is 0 Å². The Morgan fingerprint density at radius 2 is 2.13 bits per heavy atom. The number of nitrogens with zero attached hydrogens (tertiary/aromatic N) is 1. The first-order chi connectivity index (χ1) is 7.13. The Kier molecular flexibility index (Phi) is 4.55. The number of likely N-dealkylation sites (N-methyl/N-ethyl adjacent to an activating group) is 1. The van der Waals surface area contributed by atoms with Crippen LogP contribution in [0.25, 0.3) is 0 Å². The second kappa shape index (κ2) is 5.70. The van der Waals surface area contributed by atoms with Crippen LogP contribution in [-0.2, 0) is 9.59 Å². The van der Waals surface area contributed by atoms with Crippen molar-refractivity contribution in [3.63, 3.8) is 0 Å². The first-order valence-corrected chi connectivity index (χ1v) is 5.27. The highest BCUT2D eigenvalue weighted by Gasteiger charge is 2.24. The van der Waals surface area contributed by atoms with Crippen LogP contribution in [0.15, 0.2) is 0 Å². The average molecular weight is 214 g/mol. The molecule has 0 aromatic rings. The van der Waals surface area contributed by atoms with E-state index in [0.29, 0.717) is 18.9 Å². The number of aliphatic hydroxyl groups is 1. The van der Waals surface area contributed by atoms with Gasteiger partial charge in [0.25, 0.3) is 0 Å². The molecular formula is C10H18N2O3. The predicted molar refractivity (Wildman–Crippen MR) is 55.1 cm³/mol. The minimum Gasteiger partial charge on any atom is -0.396 e. The molecule has 0 unspecified atom stereocenters. The third-order valence-electron chi connectivity index (χ3n) is 2.30. The van der Waals surface area contributed by atoms with Gasteiger partial charge in [0, 0.05) is 26.1 Å². The maximum atomic E-state index is 11.4. The molecule has 5 nitrogen and oxygen atoms in total. The van der Waals surface area contributed by atoms with Gasteiger partial charge in [0.1, 0.15) is 0 Å². The molecular weight excluding hydrogens is 196 g/mol. The molecule has 1 aliphatic carbocycles. The van der Waals surface area contributed by atoms with Crippen molar-refractivity contribution in [2.24, 2.45) is 0 Å². The van der Waals surface area contributed by atoms with Gasteiger partial charge in [-0.15, -0.1) is 0 Å². The summed E-state index contributed by atoms with van der Waals surface area (Å²) in [6, 6.07) is 0.332. The number of hydrogen-bond donors (Lipinski definition) is 2. The van der Waals surface area contributed by atoms with Gasteiger partial charge in [-0.1, -0.05) is 0 Å². The molecule has 0 aliphatic heterocycles. The van der Waals surface area contributed by atoms with E-state index in [1.54, 1.807) is 7.05 Å². The summed E-state index contributed by atoms with van der Waals surface area (Å²) in [6.45, 7) is 0.120. The van der Waals surface area contributed by atoms with Crippen molar-refractivity contribution >= 4 is 11.8 Å². The number of nitrogens with one attached hydrogen (secondary N) is 1. The van der Waals surface area contributed by atoms with Crippen LogP contribution in [0, 0.1) is 0 Å². The van der Waals surface area contributed by atoms with Gasteiger partial charge < -0.3 is 15.3 Å². The molecule has 1 saturated carbocycles. The summed E-state index contributed by atoms with van der Waals surface area (Å²) in [6.07, 6.45) is 2.85. The Balaban J connectivity index is 2.17. The summed E-state index contributed by atoms with van der Waals surface area (Å²) in [5.74, 6) is -0.202. The Morgan fingerprint density at radius 3 is 2.67 bits per heavy atom.